The average Bonchev–Trinajstić information content (AvgIpc) is 3.24. The van der Waals surface area contributed by atoms with Gasteiger partial charge in [0.1, 0.15) is 11.6 Å². The number of nitrogens with zero attached hydrogens (tertiary/aromatic N) is 4. The Hall–Kier alpha value is -3.74. The lowest BCUT2D eigenvalue weighted by molar-refractivity contribution is 0.797. The summed E-state index contributed by atoms with van der Waals surface area (Å²) < 4.78 is 2.04. The first-order valence-electron chi connectivity index (χ1n) is 9.40. The van der Waals surface area contributed by atoms with Crippen LogP contribution in [0.3, 0.4) is 0 Å². The number of anilines is 1. The molecule has 1 aromatic carbocycles. The third-order valence-corrected chi connectivity index (χ3v) is 4.85. The number of nitrogens with one attached hydrogen (secondary N) is 2. The smallest absolute Gasteiger partial charge is 0.254 e. The Morgan fingerprint density at radius 1 is 1.07 bits per heavy atom. The van der Waals surface area contributed by atoms with Gasteiger partial charge in [0, 0.05) is 48.5 Å². The molecular weight excluding hydrogens is 364 g/mol. The zero-order chi connectivity index (χ0) is 20.2. The lowest BCUT2D eigenvalue weighted by Crippen LogP contribution is -2.14. The van der Waals surface area contributed by atoms with E-state index in [2.05, 4.69) is 49.5 Å². The minimum absolute atomic E-state index is 0.119. The Kier molecular flexibility index (Phi) is 5.20. The molecule has 7 nitrogen and oxygen atoms in total. The minimum atomic E-state index is -0.119. The van der Waals surface area contributed by atoms with Gasteiger partial charge in [-0.25, -0.2) is 15.0 Å². The molecule has 0 aliphatic carbocycles. The summed E-state index contributed by atoms with van der Waals surface area (Å²) in [6.07, 6.45) is 7.26. The molecule has 0 fully saturated rings. The summed E-state index contributed by atoms with van der Waals surface area (Å²) in [5, 5.41) is 3.32. The van der Waals surface area contributed by atoms with Gasteiger partial charge in [0.15, 0.2) is 0 Å². The predicted octanol–water partition coefficient (Wildman–Crippen LogP) is 3.31. The molecule has 0 aliphatic heterocycles. The number of aryl methyl sites for hydroxylation is 1. The molecule has 4 rings (SSSR count). The van der Waals surface area contributed by atoms with Gasteiger partial charge >= 0.3 is 0 Å². The Bertz CT molecular complexity index is 1150. The zero-order valence-corrected chi connectivity index (χ0v) is 16.4. The molecule has 0 radical (unpaired) electrons. The summed E-state index contributed by atoms with van der Waals surface area (Å²) in [4.78, 5) is 27.7. The highest BCUT2D eigenvalue weighted by atomic mass is 16.1. The van der Waals surface area contributed by atoms with E-state index in [-0.39, 0.29) is 5.56 Å². The number of aromatic amines is 1. The molecule has 7 heteroatoms. The third-order valence-electron chi connectivity index (χ3n) is 4.85. The molecule has 0 spiro atoms. The second-order valence-corrected chi connectivity index (χ2v) is 6.96. The molecule has 0 unspecified atom stereocenters. The first kappa shape index (κ1) is 18.6. The molecule has 146 valence electrons. The number of aromatic nitrogens is 5. The fourth-order valence-electron chi connectivity index (χ4n) is 2.97. The van der Waals surface area contributed by atoms with E-state index in [9.17, 15) is 4.79 Å². The van der Waals surface area contributed by atoms with Gasteiger partial charge in [0.25, 0.3) is 5.56 Å². The van der Waals surface area contributed by atoms with E-state index >= 15 is 0 Å². The monoisotopic (exact) mass is 386 g/mol. The van der Waals surface area contributed by atoms with Crippen molar-refractivity contribution in [3.8, 4) is 11.4 Å². The molecule has 4 aromatic rings. The molecule has 0 amide bonds. The van der Waals surface area contributed by atoms with Crippen LogP contribution in [-0.2, 0) is 13.1 Å². The van der Waals surface area contributed by atoms with Crippen molar-refractivity contribution in [1.29, 1.82) is 0 Å². The highest BCUT2D eigenvalue weighted by Crippen LogP contribution is 2.16. The van der Waals surface area contributed by atoms with Crippen LogP contribution < -0.4 is 10.9 Å². The number of rotatable bonds is 6. The van der Waals surface area contributed by atoms with Gasteiger partial charge < -0.3 is 14.9 Å². The third kappa shape index (κ3) is 4.40. The molecule has 0 saturated heterocycles. The number of pyridine rings is 1. The minimum Gasteiger partial charge on any atom is -0.366 e. The summed E-state index contributed by atoms with van der Waals surface area (Å²) in [6.45, 7) is 5.08. The van der Waals surface area contributed by atoms with Crippen molar-refractivity contribution in [2.75, 3.05) is 5.32 Å². The van der Waals surface area contributed by atoms with E-state index < -0.39 is 0 Å². The Labute approximate surface area is 168 Å². The van der Waals surface area contributed by atoms with Gasteiger partial charge in [0.05, 0.1) is 6.33 Å². The first-order valence-corrected chi connectivity index (χ1v) is 9.40. The average molecular weight is 386 g/mol. The lowest BCUT2D eigenvalue weighted by Gasteiger charge is -2.09. The zero-order valence-electron chi connectivity index (χ0n) is 16.4. The van der Waals surface area contributed by atoms with Crippen molar-refractivity contribution in [3.63, 3.8) is 0 Å². The molecule has 0 bridgehead atoms. The second kappa shape index (κ2) is 8.10. The Morgan fingerprint density at radius 2 is 1.86 bits per heavy atom. The van der Waals surface area contributed by atoms with Gasteiger partial charge in [-0.3, -0.25) is 4.79 Å². The summed E-state index contributed by atoms with van der Waals surface area (Å²) in [6, 6.07) is 12.2. The summed E-state index contributed by atoms with van der Waals surface area (Å²) in [7, 11) is 0. The first-order chi connectivity index (χ1) is 14.1. The van der Waals surface area contributed by atoms with Crippen LogP contribution in [-0.4, -0.2) is 24.5 Å². The van der Waals surface area contributed by atoms with Crippen LogP contribution >= 0.6 is 0 Å². The maximum absolute atomic E-state index is 11.9. The lowest BCUT2D eigenvalue weighted by atomic mass is 10.1. The van der Waals surface area contributed by atoms with Crippen LogP contribution in [0.4, 0.5) is 5.82 Å². The van der Waals surface area contributed by atoms with Gasteiger partial charge in [-0.2, -0.15) is 0 Å². The van der Waals surface area contributed by atoms with E-state index in [1.54, 1.807) is 19.3 Å². The van der Waals surface area contributed by atoms with Crippen LogP contribution in [0.15, 0.2) is 66.1 Å². The number of hydrogen-bond donors (Lipinski definition) is 2. The number of H-pyrrole nitrogens is 1. The highest BCUT2D eigenvalue weighted by Gasteiger charge is 2.06. The number of imidazole rings is 1. The van der Waals surface area contributed by atoms with E-state index in [0.717, 1.165) is 23.6 Å². The molecule has 0 aliphatic rings. The predicted molar refractivity (Wildman–Crippen MR) is 113 cm³/mol. The molecule has 29 heavy (non-hydrogen) atoms. The second-order valence-electron chi connectivity index (χ2n) is 6.96. The maximum Gasteiger partial charge on any atom is 0.254 e. The summed E-state index contributed by atoms with van der Waals surface area (Å²) in [5.41, 5.74) is 4.42. The topological polar surface area (TPSA) is 88.5 Å². The van der Waals surface area contributed by atoms with Gasteiger partial charge in [-0.05, 0) is 37.1 Å². The van der Waals surface area contributed by atoms with Crippen LogP contribution in [0.5, 0.6) is 0 Å². The largest absolute Gasteiger partial charge is 0.366 e. The summed E-state index contributed by atoms with van der Waals surface area (Å²) >= 11 is 0. The maximum atomic E-state index is 11.9. The van der Waals surface area contributed by atoms with Crippen molar-refractivity contribution in [2.24, 2.45) is 0 Å². The SMILES string of the molecule is Cc1nc(-c2ccc(NCc3ccc(Cn4ccnc4)cc3)nc2)[nH]c(=O)c1C. The van der Waals surface area contributed by atoms with E-state index in [1.807, 2.05) is 36.1 Å². The molecule has 0 saturated carbocycles. The van der Waals surface area contributed by atoms with Crippen molar-refractivity contribution in [2.45, 2.75) is 26.9 Å². The normalized spacial score (nSPS) is 10.8. The van der Waals surface area contributed by atoms with Gasteiger partial charge in [-0.1, -0.05) is 24.3 Å². The molecule has 3 heterocycles. The van der Waals surface area contributed by atoms with E-state index in [1.165, 1.54) is 11.1 Å². The quantitative estimate of drug-likeness (QED) is 0.531. The van der Waals surface area contributed by atoms with Gasteiger partial charge in [0.2, 0.25) is 0 Å². The van der Waals surface area contributed by atoms with Crippen molar-refractivity contribution < 1.29 is 0 Å². The van der Waals surface area contributed by atoms with Crippen LogP contribution in [0.2, 0.25) is 0 Å². The van der Waals surface area contributed by atoms with Crippen molar-refractivity contribution in [3.05, 3.63) is 94.1 Å². The molecule has 3 aromatic heterocycles. The molecule has 2 N–H and O–H groups in total. The van der Waals surface area contributed by atoms with Crippen molar-refractivity contribution >= 4 is 5.82 Å². The van der Waals surface area contributed by atoms with E-state index in [4.69, 9.17) is 0 Å². The molecule has 0 atom stereocenters. The Balaban J connectivity index is 1.38. The van der Waals surface area contributed by atoms with Crippen LogP contribution in [0.25, 0.3) is 11.4 Å². The highest BCUT2D eigenvalue weighted by molar-refractivity contribution is 5.56. The molecular formula is C22H22N6O. The van der Waals surface area contributed by atoms with Crippen molar-refractivity contribution in [1.82, 2.24) is 24.5 Å². The fraction of sp³-hybridized carbons (Fsp3) is 0.182. The van der Waals surface area contributed by atoms with Gasteiger partial charge in [-0.15, -0.1) is 0 Å². The number of hydrogen-bond acceptors (Lipinski definition) is 5. The Morgan fingerprint density at radius 3 is 2.52 bits per heavy atom. The van der Waals surface area contributed by atoms with Crippen LogP contribution in [0, 0.1) is 13.8 Å². The van der Waals surface area contributed by atoms with Crippen LogP contribution in [0.1, 0.15) is 22.4 Å². The fourth-order valence-corrected chi connectivity index (χ4v) is 2.97. The van der Waals surface area contributed by atoms with E-state index in [0.29, 0.717) is 17.9 Å². The standard InChI is InChI=1S/C22H22N6O/c1-15-16(2)26-21(27-22(15)29)19-7-8-20(25-12-19)24-11-17-3-5-18(6-4-17)13-28-10-9-23-14-28/h3-10,12,14H,11,13H2,1-2H3,(H,24,25)(H,26,27,29). The summed E-state index contributed by atoms with van der Waals surface area (Å²) in [5.74, 6) is 1.30. The number of benzene rings is 1.